The number of rotatable bonds is 3. The van der Waals surface area contributed by atoms with Crippen LogP contribution in [-0.4, -0.2) is 19.7 Å². The summed E-state index contributed by atoms with van der Waals surface area (Å²) in [6.07, 6.45) is 0. The number of carbonyl (C=O) groups is 1. The molecule has 0 bridgehead atoms. The van der Waals surface area contributed by atoms with Crippen LogP contribution in [0.5, 0.6) is 5.75 Å². The second-order valence-corrected chi connectivity index (χ2v) is 6.44. The van der Waals surface area contributed by atoms with E-state index in [9.17, 15) is 4.79 Å². The van der Waals surface area contributed by atoms with Gasteiger partial charge < -0.3 is 9.47 Å². The molecule has 0 heterocycles. The quantitative estimate of drug-likeness (QED) is 0.238. The van der Waals surface area contributed by atoms with E-state index in [-0.39, 0.29) is 6.61 Å². The highest BCUT2D eigenvalue weighted by atomic mass is 127. The zero-order valence-electron chi connectivity index (χ0n) is 8.02. The van der Waals surface area contributed by atoms with Crippen LogP contribution < -0.4 is 4.74 Å². The molecule has 0 aliphatic rings. The van der Waals surface area contributed by atoms with Crippen LogP contribution in [0.4, 0.5) is 0 Å². The molecule has 88 valence electrons. The number of carbonyl (C=O) groups excluding carboxylic acids is 1. The molecule has 3 nitrogen and oxygen atoms in total. The van der Waals surface area contributed by atoms with Gasteiger partial charge in [-0.2, -0.15) is 0 Å². The molecule has 0 aliphatic heterocycles. The molecule has 0 atom stereocenters. The number of benzene rings is 1. The molecule has 0 fully saturated rings. The second kappa shape index (κ2) is 6.78. The Labute approximate surface area is 139 Å². The summed E-state index contributed by atoms with van der Waals surface area (Å²) < 4.78 is 12.6. The van der Waals surface area contributed by atoms with Crippen molar-refractivity contribution < 1.29 is 14.3 Å². The molecule has 7 heteroatoms. The van der Waals surface area contributed by atoms with Crippen molar-refractivity contribution in [2.24, 2.45) is 0 Å². The fourth-order valence-electron chi connectivity index (χ4n) is 0.872. The summed E-state index contributed by atoms with van der Waals surface area (Å²) in [4.78, 5) is 11.0. The molecule has 1 aromatic rings. The van der Waals surface area contributed by atoms with Gasteiger partial charge in [0.15, 0.2) is 6.61 Å². The normalized spacial score (nSPS) is 10.1. The minimum atomic E-state index is -0.415. The number of halogens is 4. The predicted molar refractivity (Wildman–Crippen MR) is 87.1 cm³/mol. The van der Waals surface area contributed by atoms with E-state index in [4.69, 9.17) is 16.3 Å². The van der Waals surface area contributed by atoms with Crippen LogP contribution in [0.25, 0.3) is 0 Å². The van der Waals surface area contributed by atoms with Crippen LogP contribution in [-0.2, 0) is 9.53 Å². The molecule has 0 radical (unpaired) electrons. The lowest BCUT2D eigenvalue weighted by Gasteiger charge is -2.11. The Kier molecular flexibility index (Phi) is 6.37. The molecule has 0 saturated heterocycles. The molecule has 1 rings (SSSR count). The SMILES string of the molecule is COC(=O)COc1c(I)cc(I)c(Cl)c1I. The van der Waals surface area contributed by atoms with Gasteiger partial charge in [0.05, 0.1) is 19.3 Å². The highest BCUT2D eigenvalue weighted by Crippen LogP contribution is 2.36. The van der Waals surface area contributed by atoms with Crippen LogP contribution in [0.1, 0.15) is 0 Å². The monoisotopic (exact) mass is 578 g/mol. The number of hydrogen-bond donors (Lipinski definition) is 0. The fraction of sp³-hybridized carbons (Fsp3) is 0.222. The van der Waals surface area contributed by atoms with Gasteiger partial charge >= 0.3 is 5.97 Å². The molecular weight excluding hydrogens is 572 g/mol. The van der Waals surface area contributed by atoms with Crippen molar-refractivity contribution in [3.63, 3.8) is 0 Å². The molecule has 0 aliphatic carbocycles. The maximum Gasteiger partial charge on any atom is 0.343 e. The van der Waals surface area contributed by atoms with Gasteiger partial charge in [-0.25, -0.2) is 4.79 Å². The third kappa shape index (κ3) is 3.73. The summed E-state index contributed by atoms with van der Waals surface area (Å²) in [5.41, 5.74) is 0. The van der Waals surface area contributed by atoms with Crippen LogP contribution in [0.15, 0.2) is 6.07 Å². The molecule has 0 N–H and O–H groups in total. The highest BCUT2D eigenvalue weighted by Gasteiger charge is 2.15. The summed E-state index contributed by atoms with van der Waals surface area (Å²) in [5, 5.41) is 0.640. The van der Waals surface area contributed by atoms with Gasteiger partial charge in [-0.15, -0.1) is 0 Å². The van der Waals surface area contributed by atoms with E-state index in [2.05, 4.69) is 72.5 Å². The fourth-order valence-corrected chi connectivity index (χ4v) is 4.69. The topological polar surface area (TPSA) is 35.5 Å². The lowest BCUT2D eigenvalue weighted by molar-refractivity contribution is -0.142. The first-order chi connectivity index (χ1) is 7.47. The van der Waals surface area contributed by atoms with Gasteiger partial charge in [0.25, 0.3) is 0 Å². The number of ether oxygens (including phenoxy) is 2. The zero-order chi connectivity index (χ0) is 12.3. The van der Waals surface area contributed by atoms with Crippen LogP contribution in [0, 0.1) is 10.7 Å². The standard InChI is InChI=1S/C9H6ClI3O3/c1-15-6(14)3-16-9-5(12)2-4(11)7(10)8(9)13/h2H,3H2,1H3. The van der Waals surface area contributed by atoms with E-state index < -0.39 is 5.97 Å². The predicted octanol–water partition coefficient (Wildman–Crippen LogP) is 3.71. The molecule has 16 heavy (non-hydrogen) atoms. The van der Waals surface area contributed by atoms with Crippen molar-refractivity contribution in [1.29, 1.82) is 0 Å². The average Bonchev–Trinajstić information content (AvgIpc) is 2.25. The zero-order valence-corrected chi connectivity index (χ0v) is 15.2. The third-order valence-corrected chi connectivity index (χ3v) is 5.35. The Morgan fingerprint density at radius 3 is 2.56 bits per heavy atom. The number of esters is 1. The Balaban J connectivity index is 2.96. The molecular formula is C9H6ClI3O3. The van der Waals surface area contributed by atoms with Gasteiger partial charge in [0.2, 0.25) is 0 Å². The number of hydrogen-bond acceptors (Lipinski definition) is 3. The van der Waals surface area contributed by atoms with Crippen molar-refractivity contribution in [2.75, 3.05) is 13.7 Å². The minimum Gasteiger partial charge on any atom is -0.480 e. The summed E-state index contributed by atoms with van der Waals surface area (Å²) in [5.74, 6) is 0.207. The van der Waals surface area contributed by atoms with Crippen LogP contribution >= 0.6 is 79.4 Å². The second-order valence-electron chi connectivity index (χ2n) is 2.66. The van der Waals surface area contributed by atoms with Crippen molar-refractivity contribution in [3.8, 4) is 5.75 Å². The van der Waals surface area contributed by atoms with Crippen molar-refractivity contribution >= 4 is 85.3 Å². The van der Waals surface area contributed by atoms with E-state index >= 15 is 0 Å². The maximum absolute atomic E-state index is 11.0. The molecule has 0 amide bonds. The van der Waals surface area contributed by atoms with Crippen molar-refractivity contribution in [2.45, 2.75) is 0 Å². The lowest BCUT2D eigenvalue weighted by atomic mass is 10.3. The first-order valence-electron chi connectivity index (χ1n) is 4.00. The van der Waals surface area contributed by atoms with Gasteiger partial charge in [-0.1, -0.05) is 11.6 Å². The Hall–Kier alpha value is 0.970. The first kappa shape index (κ1) is 15.0. The van der Waals surface area contributed by atoms with E-state index in [0.717, 1.165) is 10.7 Å². The summed E-state index contributed by atoms with van der Waals surface area (Å²) in [6.45, 7) is -0.112. The summed E-state index contributed by atoms with van der Waals surface area (Å²) in [7, 11) is 1.32. The smallest absolute Gasteiger partial charge is 0.343 e. The van der Waals surface area contributed by atoms with Gasteiger partial charge in [0.1, 0.15) is 5.75 Å². The third-order valence-electron chi connectivity index (χ3n) is 1.63. The number of methoxy groups -OCH3 is 1. The van der Waals surface area contributed by atoms with E-state index in [1.165, 1.54) is 7.11 Å². The minimum absolute atomic E-state index is 0.112. The van der Waals surface area contributed by atoms with E-state index in [1.54, 1.807) is 0 Å². The summed E-state index contributed by atoms with van der Waals surface area (Å²) >= 11 is 12.5. The van der Waals surface area contributed by atoms with Crippen molar-refractivity contribution in [3.05, 3.63) is 21.8 Å². The average molecular weight is 578 g/mol. The van der Waals surface area contributed by atoms with Crippen LogP contribution in [0.3, 0.4) is 0 Å². The molecule has 0 spiro atoms. The van der Waals surface area contributed by atoms with Gasteiger partial charge in [0, 0.05) is 3.57 Å². The lowest BCUT2D eigenvalue weighted by Crippen LogP contribution is -2.14. The van der Waals surface area contributed by atoms with Gasteiger partial charge in [-0.05, 0) is 73.8 Å². The summed E-state index contributed by atoms with van der Waals surface area (Å²) in [6, 6.07) is 1.90. The van der Waals surface area contributed by atoms with E-state index in [0.29, 0.717) is 10.8 Å². The molecule has 0 saturated carbocycles. The Morgan fingerprint density at radius 1 is 1.38 bits per heavy atom. The highest BCUT2D eigenvalue weighted by molar-refractivity contribution is 14.1. The van der Waals surface area contributed by atoms with Crippen LogP contribution in [0.2, 0.25) is 5.02 Å². The molecule has 0 aromatic heterocycles. The maximum atomic E-state index is 11.0. The Morgan fingerprint density at radius 2 is 2.00 bits per heavy atom. The first-order valence-corrected chi connectivity index (χ1v) is 7.61. The Bertz CT molecular complexity index is 423. The van der Waals surface area contributed by atoms with Gasteiger partial charge in [-0.3, -0.25) is 0 Å². The van der Waals surface area contributed by atoms with Crippen molar-refractivity contribution in [1.82, 2.24) is 0 Å². The molecule has 0 unspecified atom stereocenters. The largest absolute Gasteiger partial charge is 0.480 e. The van der Waals surface area contributed by atoms with E-state index in [1.807, 2.05) is 6.07 Å². The molecule has 1 aromatic carbocycles.